The average molecular weight is 250 g/mol. The summed E-state index contributed by atoms with van der Waals surface area (Å²) in [6.45, 7) is 7.78. The van der Waals surface area contributed by atoms with E-state index in [9.17, 15) is 0 Å². The molecule has 73 valence electrons. The summed E-state index contributed by atoms with van der Waals surface area (Å²) < 4.78 is 1.23. The van der Waals surface area contributed by atoms with Crippen molar-refractivity contribution in [3.05, 3.63) is 53.4 Å². The molecule has 1 aliphatic carbocycles. The molecule has 1 unspecified atom stereocenters. The summed E-state index contributed by atoms with van der Waals surface area (Å²) in [7, 11) is 0. The lowest BCUT2D eigenvalue weighted by Gasteiger charge is -2.09. The van der Waals surface area contributed by atoms with Crippen molar-refractivity contribution in [2.75, 3.05) is 0 Å². The summed E-state index contributed by atoms with van der Waals surface area (Å²) in [4.78, 5) is 0. The van der Waals surface area contributed by atoms with Crippen molar-refractivity contribution >= 4 is 15.9 Å². The molecule has 0 bridgehead atoms. The third kappa shape index (κ3) is 1.93. The Morgan fingerprint density at radius 3 is 2.64 bits per heavy atom. The largest absolute Gasteiger partial charge is 0.102 e. The van der Waals surface area contributed by atoms with E-state index in [-0.39, 0.29) is 5.92 Å². The van der Waals surface area contributed by atoms with Gasteiger partial charge in [0.25, 0.3) is 0 Å². The normalized spacial score (nSPS) is 17.9. The summed E-state index contributed by atoms with van der Waals surface area (Å²) >= 11 is 3.62. The molecule has 2 rings (SSSR count). The lowest BCUT2D eigenvalue weighted by molar-refractivity contribution is 1.05. The van der Waals surface area contributed by atoms with Crippen LogP contribution in [-0.2, 0) is 0 Å². The van der Waals surface area contributed by atoms with Gasteiger partial charge < -0.3 is 0 Å². The van der Waals surface area contributed by atoms with Crippen LogP contribution < -0.4 is 0 Å². The van der Waals surface area contributed by atoms with Crippen LogP contribution in [0.1, 0.15) is 35.8 Å². The third-order valence-electron chi connectivity index (χ3n) is 2.75. The van der Waals surface area contributed by atoms with Gasteiger partial charge in [0.05, 0.1) is 0 Å². The molecule has 1 heteroatoms. The van der Waals surface area contributed by atoms with Crippen LogP contribution in [0, 0.1) is 6.92 Å². The maximum absolute atomic E-state index is 4.02. The SMILES string of the molecule is [CH2]C(C=C)c1ccc(C2CC2)c(Br)c1. The fourth-order valence-electron chi connectivity index (χ4n) is 1.64. The molecule has 1 radical (unpaired) electrons. The Hall–Kier alpha value is -0.560. The van der Waals surface area contributed by atoms with Crippen LogP contribution in [0.2, 0.25) is 0 Å². The van der Waals surface area contributed by atoms with Gasteiger partial charge in [-0.3, -0.25) is 0 Å². The van der Waals surface area contributed by atoms with Crippen molar-refractivity contribution in [2.45, 2.75) is 24.7 Å². The molecule has 0 aliphatic heterocycles. The van der Waals surface area contributed by atoms with Gasteiger partial charge in [-0.15, -0.1) is 6.58 Å². The second-order valence-corrected chi connectivity index (χ2v) is 4.75. The van der Waals surface area contributed by atoms with E-state index in [2.05, 4.69) is 47.6 Å². The van der Waals surface area contributed by atoms with E-state index in [1.165, 1.54) is 28.4 Å². The molecule has 0 amide bonds. The number of allylic oxidation sites excluding steroid dienone is 1. The van der Waals surface area contributed by atoms with Gasteiger partial charge in [-0.25, -0.2) is 0 Å². The van der Waals surface area contributed by atoms with E-state index in [0.717, 1.165) is 5.92 Å². The fourth-order valence-corrected chi connectivity index (χ4v) is 2.36. The Labute approximate surface area is 94.2 Å². The second kappa shape index (κ2) is 3.90. The Morgan fingerprint density at radius 1 is 1.43 bits per heavy atom. The lowest BCUT2D eigenvalue weighted by Crippen LogP contribution is -1.91. The van der Waals surface area contributed by atoms with Gasteiger partial charge in [0.15, 0.2) is 0 Å². The van der Waals surface area contributed by atoms with Gasteiger partial charge in [0.1, 0.15) is 0 Å². The van der Waals surface area contributed by atoms with Gasteiger partial charge in [-0.2, -0.15) is 0 Å². The summed E-state index contributed by atoms with van der Waals surface area (Å²) in [5.74, 6) is 0.991. The summed E-state index contributed by atoms with van der Waals surface area (Å²) in [6, 6.07) is 6.56. The highest BCUT2D eigenvalue weighted by atomic mass is 79.9. The van der Waals surface area contributed by atoms with Crippen molar-refractivity contribution in [3.63, 3.8) is 0 Å². The second-order valence-electron chi connectivity index (χ2n) is 3.90. The zero-order chi connectivity index (χ0) is 10.1. The van der Waals surface area contributed by atoms with E-state index in [1.54, 1.807) is 0 Å². The van der Waals surface area contributed by atoms with Gasteiger partial charge in [-0.05, 0) is 42.9 Å². The highest BCUT2D eigenvalue weighted by Gasteiger charge is 2.25. The average Bonchev–Trinajstić information content (AvgIpc) is 3.00. The molecule has 0 heterocycles. The molecule has 1 fully saturated rings. The first-order valence-electron chi connectivity index (χ1n) is 4.97. The van der Waals surface area contributed by atoms with Crippen molar-refractivity contribution in [1.82, 2.24) is 0 Å². The Morgan fingerprint density at radius 2 is 2.14 bits per heavy atom. The van der Waals surface area contributed by atoms with E-state index in [1.807, 2.05) is 6.08 Å². The maximum Gasteiger partial charge on any atom is 0.0213 e. The summed E-state index contributed by atoms with van der Waals surface area (Å²) in [5.41, 5.74) is 2.68. The van der Waals surface area contributed by atoms with Crippen molar-refractivity contribution < 1.29 is 0 Å². The van der Waals surface area contributed by atoms with Crippen LogP contribution in [0.4, 0.5) is 0 Å². The molecule has 1 aromatic rings. The summed E-state index contributed by atoms with van der Waals surface area (Å²) in [6.07, 6.45) is 4.55. The maximum atomic E-state index is 4.02. The molecule has 14 heavy (non-hydrogen) atoms. The topological polar surface area (TPSA) is 0 Å². The van der Waals surface area contributed by atoms with Crippen LogP contribution in [0.15, 0.2) is 35.3 Å². The van der Waals surface area contributed by atoms with E-state index < -0.39 is 0 Å². The molecular weight excluding hydrogens is 236 g/mol. The smallest absolute Gasteiger partial charge is 0.0213 e. The molecule has 1 atom stereocenters. The molecule has 0 aromatic heterocycles. The predicted octanol–water partition coefficient (Wildman–Crippen LogP) is 4.43. The highest BCUT2D eigenvalue weighted by Crippen LogP contribution is 2.43. The van der Waals surface area contributed by atoms with Crippen LogP contribution >= 0.6 is 15.9 Å². The minimum absolute atomic E-state index is 0.194. The Balaban J connectivity index is 2.29. The summed E-state index contributed by atoms with van der Waals surface area (Å²) in [5, 5.41) is 0. The monoisotopic (exact) mass is 249 g/mol. The molecule has 0 N–H and O–H groups in total. The van der Waals surface area contributed by atoms with E-state index >= 15 is 0 Å². The van der Waals surface area contributed by atoms with Crippen LogP contribution in [0.25, 0.3) is 0 Å². The Kier molecular flexibility index (Phi) is 2.78. The molecule has 0 saturated heterocycles. The van der Waals surface area contributed by atoms with Crippen LogP contribution in [0.3, 0.4) is 0 Å². The van der Waals surface area contributed by atoms with E-state index in [4.69, 9.17) is 0 Å². The molecule has 0 spiro atoms. The van der Waals surface area contributed by atoms with Crippen LogP contribution in [-0.4, -0.2) is 0 Å². The first-order valence-corrected chi connectivity index (χ1v) is 5.76. The van der Waals surface area contributed by atoms with Crippen LogP contribution in [0.5, 0.6) is 0 Å². The first-order chi connectivity index (χ1) is 6.72. The molecule has 0 nitrogen and oxygen atoms in total. The van der Waals surface area contributed by atoms with Crippen molar-refractivity contribution in [3.8, 4) is 0 Å². The van der Waals surface area contributed by atoms with Gasteiger partial charge >= 0.3 is 0 Å². The Bertz CT molecular complexity index is 350. The zero-order valence-corrected chi connectivity index (χ0v) is 9.76. The molecule has 1 aromatic carbocycles. The standard InChI is InChI=1S/C13H14Br/c1-3-9(2)11-6-7-12(10-4-5-10)13(14)8-11/h3,6-10H,1-2,4-5H2. The number of hydrogen-bond acceptors (Lipinski definition) is 0. The minimum atomic E-state index is 0.194. The zero-order valence-electron chi connectivity index (χ0n) is 8.17. The van der Waals surface area contributed by atoms with Crippen molar-refractivity contribution in [2.24, 2.45) is 0 Å². The predicted molar refractivity (Wildman–Crippen MR) is 64.4 cm³/mol. The number of benzene rings is 1. The lowest BCUT2D eigenvalue weighted by atomic mass is 9.99. The number of halogens is 1. The highest BCUT2D eigenvalue weighted by molar-refractivity contribution is 9.10. The number of hydrogen-bond donors (Lipinski definition) is 0. The fraction of sp³-hybridized carbons (Fsp3) is 0.308. The van der Waals surface area contributed by atoms with Gasteiger partial charge in [-0.1, -0.05) is 34.1 Å². The molecular formula is C13H14Br. The minimum Gasteiger partial charge on any atom is -0.102 e. The number of rotatable bonds is 3. The molecule has 1 aliphatic rings. The quantitative estimate of drug-likeness (QED) is 0.696. The van der Waals surface area contributed by atoms with Gasteiger partial charge in [0.2, 0.25) is 0 Å². The van der Waals surface area contributed by atoms with E-state index in [0.29, 0.717) is 0 Å². The van der Waals surface area contributed by atoms with Crippen molar-refractivity contribution in [1.29, 1.82) is 0 Å². The van der Waals surface area contributed by atoms with Gasteiger partial charge in [0, 0.05) is 10.4 Å². The first kappa shape index (κ1) is 9.97. The third-order valence-corrected chi connectivity index (χ3v) is 3.44. The molecule has 1 saturated carbocycles.